The molecule has 3 rings (SSSR count). The number of rotatable bonds is 4. The number of piperidine rings is 1. The van der Waals surface area contributed by atoms with Gasteiger partial charge in [0.05, 0.1) is 18.3 Å². The lowest BCUT2D eigenvalue weighted by molar-refractivity contribution is 0.0934. The summed E-state index contributed by atoms with van der Waals surface area (Å²) in [6, 6.07) is 10.2. The first-order chi connectivity index (χ1) is 10.7. The van der Waals surface area contributed by atoms with Crippen molar-refractivity contribution in [1.82, 2.24) is 25.6 Å². The molecule has 22 heavy (non-hydrogen) atoms. The van der Waals surface area contributed by atoms with E-state index in [9.17, 15) is 4.79 Å². The number of aromatic nitrogens is 3. The minimum atomic E-state index is -0.184. The van der Waals surface area contributed by atoms with Gasteiger partial charge in [0.15, 0.2) is 5.69 Å². The van der Waals surface area contributed by atoms with E-state index in [0.717, 1.165) is 31.5 Å². The molecule has 6 heteroatoms. The van der Waals surface area contributed by atoms with Crippen LogP contribution >= 0.6 is 0 Å². The third-order valence-electron chi connectivity index (χ3n) is 4.07. The second-order valence-electron chi connectivity index (χ2n) is 5.67. The maximum atomic E-state index is 12.3. The molecule has 1 aliphatic rings. The zero-order valence-electron chi connectivity index (χ0n) is 12.7. The van der Waals surface area contributed by atoms with Crippen molar-refractivity contribution in [3.8, 4) is 0 Å². The average Bonchev–Trinajstić information content (AvgIpc) is 3.06. The Morgan fingerprint density at radius 2 is 2.05 bits per heavy atom. The predicted molar refractivity (Wildman–Crippen MR) is 83.5 cm³/mol. The summed E-state index contributed by atoms with van der Waals surface area (Å²) in [7, 11) is 0. The fourth-order valence-corrected chi connectivity index (χ4v) is 2.73. The molecule has 0 radical (unpaired) electrons. The van der Waals surface area contributed by atoms with E-state index in [4.69, 9.17) is 0 Å². The van der Waals surface area contributed by atoms with Gasteiger partial charge in [0.1, 0.15) is 0 Å². The molecule has 1 aromatic carbocycles. The summed E-state index contributed by atoms with van der Waals surface area (Å²) in [4.78, 5) is 12.3. The highest BCUT2D eigenvalue weighted by molar-refractivity contribution is 5.92. The Morgan fingerprint density at radius 3 is 2.77 bits per heavy atom. The van der Waals surface area contributed by atoms with Crippen LogP contribution in [-0.4, -0.2) is 34.0 Å². The normalized spacial score (nSPS) is 17.1. The maximum Gasteiger partial charge on any atom is 0.273 e. The first-order valence-corrected chi connectivity index (χ1v) is 7.72. The molecule has 0 bridgehead atoms. The summed E-state index contributed by atoms with van der Waals surface area (Å²) in [5, 5.41) is 14.4. The molecule has 0 spiro atoms. The predicted octanol–water partition coefficient (Wildman–Crippen LogP) is 1.69. The van der Waals surface area contributed by atoms with Crippen LogP contribution in [0.3, 0.4) is 0 Å². The summed E-state index contributed by atoms with van der Waals surface area (Å²) in [5.41, 5.74) is 1.45. The SMILES string of the molecule is C[C@@H](NC(=O)c1cn(C2CCNCC2)nn1)c1ccccc1. The van der Waals surface area contributed by atoms with E-state index in [0.29, 0.717) is 11.7 Å². The minimum absolute atomic E-state index is 0.0577. The molecule has 1 amide bonds. The number of nitrogens with zero attached hydrogens (tertiary/aromatic N) is 3. The van der Waals surface area contributed by atoms with Crippen molar-refractivity contribution in [3.05, 3.63) is 47.8 Å². The van der Waals surface area contributed by atoms with Crippen molar-refractivity contribution in [2.24, 2.45) is 0 Å². The minimum Gasteiger partial charge on any atom is -0.344 e. The largest absolute Gasteiger partial charge is 0.344 e. The van der Waals surface area contributed by atoms with Crippen molar-refractivity contribution in [1.29, 1.82) is 0 Å². The van der Waals surface area contributed by atoms with E-state index >= 15 is 0 Å². The fourth-order valence-electron chi connectivity index (χ4n) is 2.73. The van der Waals surface area contributed by atoms with E-state index in [1.54, 1.807) is 6.20 Å². The van der Waals surface area contributed by atoms with Crippen LogP contribution < -0.4 is 10.6 Å². The molecule has 0 aliphatic carbocycles. The molecule has 0 unspecified atom stereocenters. The lowest BCUT2D eigenvalue weighted by Gasteiger charge is -2.22. The molecule has 1 saturated heterocycles. The molecule has 2 N–H and O–H groups in total. The third kappa shape index (κ3) is 3.33. The van der Waals surface area contributed by atoms with E-state index in [1.165, 1.54) is 0 Å². The van der Waals surface area contributed by atoms with Crippen LogP contribution in [0.25, 0.3) is 0 Å². The number of carbonyl (C=O) groups is 1. The molecule has 2 aromatic rings. The smallest absolute Gasteiger partial charge is 0.273 e. The Kier molecular flexibility index (Phi) is 4.48. The van der Waals surface area contributed by atoms with Crippen molar-refractivity contribution in [3.63, 3.8) is 0 Å². The van der Waals surface area contributed by atoms with E-state index < -0.39 is 0 Å². The molecule has 1 aliphatic heterocycles. The van der Waals surface area contributed by atoms with Gasteiger partial charge in [-0.3, -0.25) is 4.79 Å². The quantitative estimate of drug-likeness (QED) is 0.901. The van der Waals surface area contributed by atoms with Gasteiger partial charge in [-0.2, -0.15) is 0 Å². The Balaban J connectivity index is 1.64. The number of carbonyl (C=O) groups excluding carboxylic acids is 1. The van der Waals surface area contributed by atoms with Crippen molar-refractivity contribution < 1.29 is 4.79 Å². The monoisotopic (exact) mass is 299 g/mol. The Labute approximate surface area is 129 Å². The zero-order chi connectivity index (χ0) is 15.4. The van der Waals surface area contributed by atoms with Crippen molar-refractivity contribution in [2.45, 2.75) is 31.8 Å². The van der Waals surface area contributed by atoms with Gasteiger partial charge in [-0.15, -0.1) is 5.10 Å². The lowest BCUT2D eigenvalue weighted by Crippen LogP contribution is -2.29. The molecule has 1 fully saturated rings. The molecule has 116 valence electrons. The molecule has 0 saturated carbocycles. The first kappa shape index (κ1) is 14.7. The highest BCUT2D eigenvalue weighted by atomic mass is 16.2. The number of hydrogen-bond donors (Lipinski definition) is 2. The average molecular weight is 299 g/mol. The van der Waals surface area contributed by atoms with E-state index in [2.05, 4.69) is 20.9 Å². The summed E-state index contributed by atoms with van der Waals surface area (Å²) < 4.78 is 1.82. The van der Waals surface area contributed by atoms with Gasteiger partial charge in [0.25, 0.3) is 5.91 Å². The summed E-state index contributed by atoms with van der Waals surface area (Å²) in [6.07, 6.45) is 3.79. The van der Waals surface area contributed by atoms with Gasteiger partial charge >= 0.3 is 0 Å². The van der Waals surface area contributed by atoms with Crippen LogP contribution in [0.4, 0.5) is 0 Å². The lowest BCUT2D eigenvalue weighted by atomic mass is 10.1. The Bertz CT molecular complexity index is 618. The topological polar surface area (TPSA) is 71.8 Å². The van der Waals surface area contributed by atoms with Crippen LogP contribution in [0.2, 0.25) is 0 Å². The molecule has 6 nitrogen and oxygen atoms in total. The Hall–Kier alpha value is -2.21. The zero-order valence-corrected chi connectivity index (χ0v) is 12.7. The molecule has 2 heterocycles. The first-order valence-electron chi connectivity index (χ1n) is 7.72. The standard InChI is InChI=1S/C16H21N5O/c1-12(13-5-3-2-4-6-13)18-16(22)15-11-21(20-19-15)14-7-9-17-10-8-14/h2-6,11-12,14,17H,7-10H2,1H3,(H,18,22)/t12-/m1/s1. The van der Waals surface area contributed by atoms with Gasteiger partial charge < -0.3 is 10.6 Å². The van der Waals surface area contributed by atoms with Gasteiger partial charge in [-0.25, -0.2) is 4.68 Å². The molecule has 1 aromatic heterocycles. The fraction of sp³-hybridized carbons (Fsp3) is 0.438. The van der Waals surface area contributed by atoms with Gasteiger partial charge in [-0.05, 0) is 38.4 Å². The van der Waals surface area contributed by atoms with Crippen molar-refractivity contribution >= 4 is 5.91 Å². The highest BCUT2D eigenvalue weighted by Gasteiger charge is 2.19. The highest BCUT2D eigenvalue weighted by Crippen LogP contribution is 2.17. The van der Waals surface area contributed by atoms with E-state index in [1.807, 2.05) is 41.9 Å². The molecular weight excluding hydrogens is 278 g/mol. The van der Waals surface area contributed by atoms with Crippen molar-refractivity contribution in [2.75, 3.05) is 13.1 Å². The van der Waals surface area contributed by atoms with Gasteiger partial charge in [0, 0.05) is 0 Å². The second kappa shape index (κ2) is 6.70. The summed E-state index contributed by atoms with van der Waals surface area (Å²) in [5.74, 6) is -0.184. The Morgan fingerprint density at radius 1 is 1.32 bits per heavy atom. The molecular formula is C16H21N5O. The van der Waals surface area contributed by atoms with Crippen LogP contribution in [0.1, 0.15) is 47.9 Å². The summed E-state index contributed by atoms with van der Waals surface area (Å²) in [6.45, 7) is 3.93. The van der Waals surface area contributed by atoms with Crippen LogP contribution in [0.5, 0.6) is 0 Å². The number of hydrogen-bond acceptors (Lipinski definition) is 4. The second-order valence-corrected chi connectivity index (χ2v) is 5.67. The van der Waals surface area contributed by atoms with Crippen LogP contribution in [-0.2, 0) is 0 Å². The van der Waals surface area contributed by atoms with Crippen LogP contribution in [0.15, 0.2) is 36.5 Å². The molecule has 1 atom stereocenters. The van der Waals surface area contributed by atoms with E-state index in [-0.39, 0.29) is 11.9 Å². The maximum absolute atomic E-state index is 12.3. The summed E-state index contributed by atoms with van der Waals surface area (Å²) >= 11 is 0. The third-order valence-corrected chi connectivity index (χ3v) is 4.07. The number of benzene rings is 1. The van der Waals surface area contributed by atoms with Crippen LogP contribution in [0, 0.1) is 0 Å². The van der Waals surface area contributed by atoms with Gasteiger partial charge in [0.2, 0.25) is 0 Å². The number of amides is 1. The van der Waals surface area contributed by atoms with Gasteiger partial charge in [-0.1, -0.05) is 35.5 Å². The number of nitrogens with one attached hydrogen (secondary N) is 2.